The fraction of sp³-hybridized carbons (Fsp3) is 0.346. The maximum absolute atomic E-state index is 12.8. The summed E-state index contributed by atoms with van der Waals surface area (Å²) in [5.74, 6) is 0.595. The molecule has 0 aliphatic carbocycles. The van der Waals surface area contributed by atoms with E-state index < -0.39 is 0 Å². The van der Waals surface area contributed by atoms with Gasteiger partial charge in [-0.25, -0.2) is 4.98 Å². The van der Waals surface area contributed by atoms with Gasteiger partial charge in [0, 0.05) is 42.7 Å². The molecule has 0 radical (unpaired) electrons. The molecule has 1 aliphatic rings. The van der Waals surface area contributed by atoms with Crippen LogP contribution in [-0.2, 0) is 11.2 Å². The van der Waals surface area contributed by atoms with Crippen LogP contribution in [0.3, 0.4) is 0 Å². The van der Waals surface area contributed by atoms with E-state index in [0.717, 1.165) is 21.8 Å². The predicted octanol–water partition coefficient (Wildman–Crippen LogP) is 4.77. The van der Waals surface area contributed by atoms with E-state index in [1.165, 1.54) is 5.56 Å². The van der Waals surface area contributed by atoms with E-state index >= 15 is 0 Å². The SMILES string of the molecule is Cc1nc(-c2ccc(CC(=O)N3CCN(C(=O)c4ccc(C(C)C)cc4)CC3)cc2)cs1. The number of thiazole rings is 1. The predicted molar refractivity (Wildman–Crippen MR) is 129 cm³/mol. The Hall–Kier alpha value is -2.99. The van der Waals surface area contributed by atoms with Crippen LogP contribution in [0.1, 0.15) is 46.3 Å². The van der Waals surface area contributed by atoms with Crippen LogP contribution >= 0.6 is 11.3 Å². The van der Waals surface area contributed by atoms with Gasteiger partial charge in [-0.3, -0.25) is 9.59 Å². The maximum atomic E-state index is 12.8. The average Bonchev–Trinajstić information content (AvgIpc) is 3.25. The molecule has 1 aromatic heterocycles. The van der Waals surface area contributed by atoms with Crippen molar-refractivity contribution >= 4 is 23.2 Å². The third-order valence-corrected chi connectivity index (χ3v) is 6.74. The molecule has 32 heavy (non-hydrogen) atoms. The molecule has 0 unspecified atom stereocenters. The smallest absolute Gasteiger partial charge is 0.253 e. The van der Waals surface area contributed by atoms with E-state index in [0.29, 0.717) is 44.1 Å². The molecular weight excluding hydrogens is 418 g/mol. The largest absolute Gasteiger partial charge is 0.339 e. The Morgan fingerprint density at radius 2 is 1.56 bits per heavy atom. The van der Waals surface area contributed by atoms with Gasteiger partial charge in [0.1, 0.15) is 0 Å². The van der Waals surface area contributed by atoms with E-state index in [-0.39, 0.29) is 11.8 Å². The second-order valence-corrected chi connectivity index (χ2v) is 9.64. The zero-order chi connectivity index (χ0) is 22.7. The lowest BCUT2D eigenvalue weighted by Gasteiger charge is -2.35. The summed E-state index contributed by atoms with van der Waals surface area (Å²) in [4.78, 5) is 33.8. The van der Waals surface area contributed by atoms with Crippen LogP contribution < -0.4 is 0 Å². The molecule has 2 aromatic carbocycles. The van der Waals surface area contributed by atoms with Crippen LogP contribution in [0, 0.1) is 6.92 Å². The van der Waals surface area contributed by atoms with Crippen molar-refractivity contribution in [2.75, 3.05) is 26.2 Å². The molecule has 1 saturated heterocycles. The summed E-state index contributed by atoms with van der Waals surface area (Å²) < 4.78 is 0. The lowest BCUT2D eigenvalue weighted by molar-refractivity contribution is -0.131. The van der Waals surface area contributed by atoms with Gasteiger partial charge in [-0.05, 0) is 36.1 Å². The molecule has 0 spiro atoms. The highest BCUT2D eigenvalue weighted by atomic mass is 32.1. The molecule has 2 heterocycles. The highest BCUT2D eigenvalue weighted by molar-refractivity contribution is 7.09. The molecule has 2 amide bonds. The molecule has 0 bridgehead atoms. The van der Waals surface area contributed by atoms with Gasteiger partial charge < -0.3 is 9.80 Å². The summed E-state index contributed by atoms with van der Waals surface area (Å²) in [6, 6.07) is 15.9. The standard InChI is InChI=1S/C26H29N3O2S/c1-18(2)21-8-10-23(11-9-21)26(31)29-14-12-28(13-15-29)25(30)16-20-4-6-22(7-5-20)24-17-32-19(3)27-24/h4-11,17-18H,12-16H2,1-3H3. The number of amides is 2. The molecule has 0 N–H and O–H groups in total. The summed E-state index contributed by atoms with van der Waals surface area (Å²) in [6.45, 7) is 8.57. The van der Waals surface area contributed by atoms with Gasteiger partial charge in [0.2, 0.25) is 5.91 Å². The van der Waals surface area contributed by atoms with E-state index in [4.69, 9.17) is 0 Å². The minimum Gasteiger partial charge on any atom is -0.339 e. The summed E-state index contributed by atoms with van der Waals surface area (Å²) in [7, 11) is 0. The number of piperazine rings is 1. The molecule has 5 nitrogen and oxygen atoms in total. The second kappa shape index (κ2) is 9.65. The number of carbonyl (C=O) groups is 2. The minimum atomic E-state index is 0.0419. The molecule has 6 heteroatoms. The van der Waals surface area contributed by atoms with E-state index in [2.05, 4.69) is 24.2 Å². The van der Waals surface area contributed by atoms with Gasteiger partial charge in [-0.2, -0.15) is 0 Å². The number of hydrogen-bond donors (Lipinski definition) is 0. The highest BCUT2D eigenvalue weighted by Crippen LogP contribution is 2.22. The Labute approximate surface area is 193 Å². The van der Waals surface area contributed by atoms with Crippen molar-refractivity contribution in [3.05, 3.63) is 75.6 Å². The summed E-state index contributed by atoms with van der Waals surface area (Å²) in [6.07, 6.45) is 0.376. The number of aryl methyl sites for hydroxylation is 1. The first-order valence-corrected chi connectivity index (χ1v) is 12.0. The monoisotopic (exact) mass is 447 g/mol. The summed E-state index contributed by atoms with van der Waals surface area (Å²) >= 11 is 1.64. The quantitative estimate of drug-likeness (QED) is 0.566. The van der Waals surface area contributed by atoms with Gasteiger partial charge in [0.25, 0.3) is 5.91 Å². The summed E-state index contributed by atoms with van der Waals surface area (Å²) in [5.41, 5.74) is 4.98. The summed E-state index contributed by atoms with van der Waals surface area (Å²) in [5, 5.41) is 3.10. The van der Waals surface area contributed by atoms with Crippen LogP contribution in [0.5, 0.6) is 0 Å². The van der Waals surface area contributed by atoms with Gasteiger partial charge in [-0.15, -0.1) is 11.3 Å². The normalized spacial score (nSPS) is 14.1. The number of rotatable bonds is 5. The minimum absolute atomic E-state index is 0.0419. The van der Waals surface area contributed by atoms with Crippen LogP contribution in [0.15, 0.2) is 53.9 Å². The molecule has 0 atom stereocenters. The van der Waals surface area contributed by atoms with E-state index in [1.54, 1.807) is 11.3 Å². The van der Waals surface area contributed by atoms with Gasteiger partial charge in [0.15, 0.2) is 0 Å². The maximum Gasteiger partial charge on any atom is 0.253 e. The first-order chi connectivity index (χ1) is 15.4. The van der Waals surface area contributed by atoms with Crippen molar-refractivity contribution in [1.29, 1.82) is 0 Å². The first kappa shape index (κ1) is 22.2. The second-order valence-electron chi connectivity index (χ2n) is 8.58. The van der Waals surface area contributed by atoms with E-state index in [1.807, 2.05) is 65.3 Å². The van der Waals surface area contributed by atoms with Crippen molar-refractivity contribution in [2.45, 2.75) is 33.1 Å². The molecule has 166 valence electrons. The van der Waals surface area contributed by atoms with Crippen LogP contribution in [-0.4, -0.2) is 52.8 Å². The Bertz CT molecular complexity index is 1080. The topological polar surface area (TPSA) is 53.5 Å². The molecular formula is C26H29N3O2S. The van der Waals surface area contributed by atoms with Crippen molar-refractivity contribution in [2.24, 2.45) is 0 Å². The zero-order valence-electron chi connectivity index (χ0n) is 18.9. The molecule has 4 rings (SSSR count). The van der Waals surface area contributed by atoms with Crippen LogP contribution in [0.2, 0.25) is 0 Å². The molecule has 3 aromatic rings. The number of carbonyl (C=O) groups excluding carboxylic acids is 2. The first-order valence-electron chi connectivity index (χ1n) is 11.1. The van der Waals surface area contributed by atoms with Crippen LogP contribution in [0.4, 0.5) is 0 Å². The fourth-order valence-electron chi connectivity index (χ4n) is 3.93. The van der Waals surface area contributed by atoms with Gasteiger partial charge >= 0.3 is 0 Å². The zero-order valence-corrected chi connectivity index (χ0v) is 19.7. The highest BCUT2D eigenvalue weighted by Gasteiger charge is 2.25. The third-order valence-electron chi connectivity index (χ3n) is 5.97. The number of benzene rings is 2. The fourth-order valence-corrected chi connectivity index (χ4v) is 4.55. The number of nitrogens with zero attached hydrogens (tertiary/aromatic N) is 3. The van der Waals surface area contributed by atoms with Crippen molar-refractivity contribution < 1.29 is 9.59 Å². The molecule has 0 saturated carbocycles. The average molecular weight is 448 g/mol. The van der Waals surface area contributed by atoms with Crippen LogP contribution in [0.25, 0.3) is 11.3 Å². The lowest BCUT2D eigenvalue weighted by atomic mass is 10.0. The lowest BCUT2D eigenvalue weighted by Crippen LogP contribution is -2.51. The molecule has 1 fully saturated rings. The third kappa shape index (κ3) is 5.07. The Kier molecular flexibility index (Phi) is 6.70. The Morgan fingerprint density at radius 3 is 2.12 bits per heavy atom. The number of aromatic nitrogens is 1. The van der Waals surface area contributed by atoms with Gasteiger partial charge in [0.05, 0.1) is 17.1 Å². The molecule has 1 aliphatic heterocycles. The Morgan fingerprint density at radius 1 is 0.938 bits per heavy atom. The van der Waals surface area contributed by atoms with Crippen molar-refractivity contribution in [1.82, 2.24) is 14.8 Å². The van der Waals surface area contributed by atoms with Gasteiger partial charge in [-0.1, -0.05) is 50.2 Å². The van der Waals surface area contributed by atoms with E-state index in [9.17, 15) is 9.59 Å². The van der Waals surface area contributed by atoms with Crippen molar-refractivity contribution in [3.8, 4) is 11.3 Å². The Balaban J connectivity index is 1.30. The number of hydrogen-bond acceptors (Lipinski definition) is 4. The van der Waals surface area contributed by atoms with Crippen molar-refractivity contribution in [3.63, 3.8) is 0 Å².